The van der Waals surface area contributed by atoms with Gasteiger partial charge in [0.25, 0.3) is 0 Å². The number of nitrogen functional groups attached to an aromatic ring is 2. The van der Waals surface area contributed by atoms with Gasteiger partial charge in [-0.25, -0.2) is 9.59 Å². The first-order valence-corrected chi connectivity index (χ1v) is 10.7. The standard InChI is InChI=1S/2C11H13N3O4/c2*1-7(15)17-6-9-4-8(5-18-9)14-3-2-10(12)13-11(14)16/h2*2-4,9H,5-6H2,1H3,(H2,12,13,16)/t2*9-/m11/s1. The van der Waals surface area contributed by atoms with Crippen molar-refractivity contribution in [3.63, 3.8) is 0 Å². The molecule has 36 heavy (non-hydrogen) atoms. The number of ether oxygens (including phenoxy) is 4. The summed E-state index contributed by atoms with van der Waals surface area (Å²) in [7, 11) is 0. The first-order valence-electron chi connectivity index (χ1n) is 10.7. The van der Waals surface area contributed by atoms with Gasteiger partial charge in [-0.05, 0) is 24.3 Å². The molecule has 2 atom stereocenters. The lowest BCUT2D eigenvalue weighted by molar-refractivity contribution is -0.144. The minimum Gasteiger partial charge on any atom is -0.463 e. The summed E-state index contributed by atoms with van der Waals surface area (Å²) in [5, 5.41) is 0. The maximum atomic E-state index is 11.6. The minimum absolute atomic E-state index is 0.135. The van der Waals surface area contributed by atoms with Crippen molar-refractivity contribution in [1.29, 1.82) is 0 Å². The second kappa shape index (κ2) is 11.9. The quantitative estimate of drug-likeness (QED) is 0.471. The molecule has 2 aliphatic heterocycles. The molecule has 0 fully saturated rings. The van der Waals surface area contributed by atoms with Crippen LogP contribution >= 0.6 is 0 Å². The summed E-state index contributed by atoms with van der Waals surface area (Å²) in [6.45, 7) is 3.45. The molecule has 2 aromatic heterocycles. The van der Waals surface area contributed by atoms with Crippen molar-refractivity contribution in [2.24, 2.45) is 0 Å². The minimum atomic E-state index is -0.460. The Morgan fingerprint density at radius 1 is 0.861 bits per heavy atom. The Morgan fingerprint density at radius 3 is 1.58 bits per heavy atom. The average Bonchev–Trinajstić information content (AvgIpc) is 3.47. The number of hydrogen-bond acceptors (Lipinski definition) is 12. The van der Waals surface area contributed by atoms with Gasteiger partial charge in [-0.1, -0.05) is 0 Å². The molecule has 0 amide bonds. The Labute approximate surface area is 204 Å². The van der Waals surface area contributed by atoms with Crippen molar-refractivity contribution in [3.8, 4) is 0 Å². The molecular weight excluding hydrogens is 476 g/mol. The average molecular weight is 502 g/mol. The molecule has 0 unspecified atom stereocenters. The maximum Gasteiger partial charge on any atom is 0.353 e. The summed E-state index contributed by atoms with van der Waals surface area (Å²) in [5.74, 6) is -0.391. The van der Waals surface area contributed by atoms with E-state index in [1.807, 2.05) is 0 Å². The van der Waals surface area contributed by atoms with Gasteiger partial charge >= 0.3 is 23.3 Å². The van der Waals surface area contributed by atoms with Crippen LogP contribution in [-0.2, 0) is 28.5 Å². The SMILES string of the molecule is CC(=O)OC[C@H]1C=C(n2ccc(N)nc2=O)CO1.CC(=O)OC[C@H]1C=C(n2ccc(N)nc2=O)CO1. The molecule has 0 bridgehead atoms. The number of carbonyl (C=O) groups excluding carboxylic acids is 2. The molecule has 14 heteroatoms. The van der Waals surface area contributed by atoms with Crippen molar-refractivity contribution in [1.82, 2.24) is 19.1 Å². The third-order valence-corrected chi connectivity index (χ3v) is 4.82. The number of nitrogens with two attached hydrogens (primary N) is 2. The van der Waals surface area contributed by atoms with E-state index in [4.69, 9.17) is 30.4 Å². The molecular formula is C22H26N6O8. The van der Waals surface area contributed by atoms with Gasteiger partial charge in [0.05, 0.1) is 24.6 Å². The first kappa shape index (κ1) is 26.3. The van der Waals surface area contributed by atoms with Gasteiger partial charge in [0.1, 0.15) is 37.1 Å². The predicted molar refractivity (Wildman–Crippen MR) is 127 cm³/mol. The molecule has 0 radical (unpaired) electrons. The molecule has 4 rings (SSSR count). The van der Waals surface area contributed by atoms with E-state index in [0.29, 0.717) is 11.4 Å². The summed E-state index contributed by atoms with van der Waals surface area (Å²) >= 11 is 0. The van der Waals surface area contributed by atoms with Crippen LogP contribution < -0.4 is 22.8 Å². The van der Waals surface area contributed by atoms with Crippen molar-refractivity contribution < 1.29 is 28.5 Å². The van der Waals surface area contributed by atoms with Crippen LogP contribution in [0.15, 0.2) is 46.3 Å². The van der Waals surface area contributed by atoms with Crippen molar-refractivity contribution in [2.75, 3.05) is 37.9 Å². The Morgan fingerprint density at radius 2 is 1.25 bits per heavy atom. The first-order chi connectivity index (χ1) is 17.1. The highest BCUT2D eigenvalue weighted by atomic mass is 16.6. The number of rotatable bonds is 6. The number of esters is 2. The zero-order chi connectivity index (χ0) is 26.2. The Bertz CT molecular complexity index is 1200. The Hall–Kier alpha value is -4.30. The number of hydrogen-bond donors (Lipinski definition) is 2. The lowest BCUT2D eigenvalue weighted by atomic mass is 10.3. The normalized spacial score (nSPS) is 18.5. The van der Waals surface area contributed by atoms with Crippen molar-refractivity contribution in [2.45, 2.75) is 26.1 Å². The molecule has 192 valence electrons. The van der Waals surface area contributed by atoms with Gasteiger partial charge in [-0.3, -0.25) is 18.7 Å². The molecule has 0 saturated heterocycles. The summed E-state index contributed by atoms with van der Waals surface area (Å²) in [4.78, 5) is 51.8. The zero-order valence-electron chi connectivity index (χ0n) is 19.7. The van der Waals surface area contributed by atoms with Crippen LogP contribution in [0.2, 0.25) is 0 Å². The molecule has 0 spiro atoms. The largest absolute Gasteiger partial charge is 0.463 e. The lowest BCUT2D eigenvalue weighted by Gasteiger charge is -2.06. The number of carbonyl (C=O) groups is 2. The monoisotopic (exact) mass is 502 g/mol. The van der Waals surface area contributed by atoms with Crippen molar-refractivity contribution in [3.05, 3.63) is 57.6 Å². The van der Waals surface area contributed by atoms with E-state index >= 15 is 0 Å². The molecule has 2 aliphatic rings. The summed E-state index contributed by atoms with van der Waals surface area (Å²) in [5.41, 5.74) is 11.2. The van der Waals surface area contributed by atoms with Gasteiger partial charge in [-0.2, -0.15) is 9.97 Å². The molecule has 4 N–H and O–H groups in total. The second-order valence-corrected chi connectivity index (χ2v) is 7.63. The third kappa shape index (κ3) is 7.35. The van der Waals surface area contributed by atoms with Crippen LogP contribution in [0.5, 0.6) is 0 Å². The van der Waals surface area contributed by atoms with E-state index in [1.165, 1.54) is 47.5 Å². The van der Waals surface area contributed by atoms with Gasteiger partial charge < -0.3 is 30.4 Å². The summed E-state index contributed by atoms with van der Waals surface area (Å²) < 4.78 is 23.1. The number of nitrogens with zero attached hydrogens (tertiary/aromatic N) is 4. The summed E-state index contributed by atoms with van der Waals surface area (Å²) in [6, 6.07) is 3.06. The molecule has 0 aliphatic carbocycles. The molecule has 4 heterocycles. The van der Waals surface area contributed by atoms with Crippen LogP contribution in [-0.4, -0.2) is 69.7 Å². The second-order valence-electron chi connectivity index (χ2n) is 7.63. The van der Waals surface area contributed by atoms with Crippen LogP contribution in [0.25, 0.3) is 11.4 Å². The lowest BCUT2D eigenvalue weighted by Crippen LogP contribution is -2.22. The molecule has 0 aromatic carbocycles. The van der Waals surface area contributed by atoms with E-state index in [2.05, 4.69) is 9.97 Å². The number of aromatic nitrogens is 4. The fourth-order valence-corrected chi connectivity index (χ4v) is 3.17. The highest BCUT2D eigenvalue weighted by molar-refractivity contribution is 5.66. The highest BCUT2D eigenvalue weighted by Crippen LogP contribution is 2.16. The third-order valence-electron chi connectivity index (χ3n) is 4.82. The van der Waals surface area contributed by atoms with E-state index in [1.54, 1.807) is 12.2 Å². The van der Waals surface area contributed by atoms with Crippen molar-refractivity contribution >= 4 is 35.0 Å². The fraction of sp³-hybridized carbons (Fsp3) is 0.364. The van der Waals surface area contributed by atoms with Crippen LogP contribution in [0.1, 0.15) is 13.8 Å². The topological polar surface area (TPSA) is 193 Å². The summed E-state index contributed by atoms with van der Waals surface area (Å²) in [6.07, 6.45) is 5.84. The zero-order valence-corrected chi connectivity index (χ0v) is 19.7. The fourth-order valence-electron chi connectivity index (χ4n) is 3.17. The molecule has 14 nitrogen and oxygen atoms in total. The van der Waals surface area contributed by atoms with Crippen LogP contribution in [0.3, 0.4) is 0 Å². The predicted octanol–water partition coefficient (Wildman–Crippen LogP) is -0.743. The highest BCUT2D eigenvalue weighted by Gasteiger charge is 2.20. The van der Waals surface area contributed by atoms with E-state index < -0.39 is 11.4 Å². The van der Waals surface area contributed by atoms with Gasteiger partial charge in [-0.15, -0.1) is 0 Å². The van der Waals surface area contributed by atoms with Gasteiger partial charge in [0.15, 0.2) is 0 Å². The van der Waals surface area contributed by atoms with E-state index in [0.717, 1.165) is 0 Å². The Balaban J connectivity index is 0.000000201. The molecule has 0 saturated carbocycles. The van der Waals surface area contributed by atoms with Crippen LogP contribution in [0.4, 0.5) is 11.6 Å². The smallest absolute Gasteiger partial charge is 0.353 e. The van der Waals surface area contributed by atoms with Gasteiger partial charge in [0.2, 0.25) is 0 Å². The van der Waals surface area contributed by atoms with Gasteiger partial charge in [0, 0.05) is 26.2 Å². The van der Waals surface area contributed by atoms with E-state index in [9.17, 15) is 19.2 Å². The Kier molecular flexibility index (Phi) is 8.70. The molecule has 2 aromatic rings. The van der Waals surface area contributed by atoms with Crippen LogP contribution in [0, 0.1) is 0 Å². The van der Waals surface area contributed by atoms with E-state index in [-0.39, 0.29) is 62.2 Å². The maximum absolute atomic E-state index is 11.6. The number of anilines is 2.